The summed E-state index contributed by atoms with van der Waals surface area (Å²) in [6, 6.07) is 7.27. The largest absolute Gasteiger partial charge is 0.375 e. The van der Waals surface area contributed by atoms with Crippen LogP contribution < -0.4 is 0 Å². The molecule has 4 rings (SSSR count). The molecule has 0 bridgehead atoms. The van der Waals surface area contributed by atoms with Gasteiger partial charge in [0.25, 0.3) is 0 Å². The zero-order valence-electron chi connectivity index (χ0n) is 14.1. The van der Waals surface area contributed by atoms with Crippen LogP contribution in [0, 0.1) is 11.7 Å². The molecule has 1 aliphatic heterocycles. The summed E-state index contributed by atoms with van der Waals surface area (Å²) in [6.45, 7) is 3.87. The molecule has 0 amide bonds. The second-order valence-corrected chi connectivity index (χ2v) is 7.76. The molecule has 2 aliphatic rings. The van der Waals surface area contributed by atoms with E-state index >= 15 is 0 Å². The summed E-state index contributed by atoms with van der Waals surface area (Å²) in [4.78, 5) is 6.74. The van der Waals surface area contributed by atoms with E-state index in [9.17, 15) is 4.39 Å². The third kappa shape index (κ3) is 4.08. The Balaban J connectivity index is 1.32. The average Bonchev–Trinajstić information content (AvgIpc) is 3.28. The van der Waals surface area contributed by atoms with E-state index in [-0.39, 0.29) is 11.9 Å². The Morgan fingerprint density at radius 2 is 2.16 bits per heavy atom. The maximum absolute atomic E-state index is 13.1. The minimum atomic E-state index is -0.179. The second kappa shape index (κ2) is 7.91. The van der Waals surface area contributed by atoms with Gasteiger partial charge in [0.2, 0.25) is 0 Å². The van der Waals surface area contributed by atoms with Gasteiger partial charge in [-0.25, -0.2) is 9.37 Å². The SMILES string of the molecule is Fc1ccc(CN2CCO[C@@H]3[C@@H](COCc4nccs4)CC[C@@H]32)cc1. The van der Waals surface area contributed by atoms with Gasteiger partial charge in [-0.2, -0.15) is 0 Å². The van der Waals surface area contributed by atoms with E-state index in [1.165, 1.54) is 12.1 Å². The number of nitrogens with zero attached hydrogens (tertiary/aromatic N) is 2. The first-order valence-electron chi connectivity index (χ1n) is 8.86. The van der Waals surface area contributed by atoms with E-state index in [1.807, 2.05) is 23.7 Å². The minimum absolute atomic E-state index is 0.179. The predicted octanol–water partition coefficient (Wildman–Crippen LogP) is 3.48. The minimum Gasteiger partial charge on any atom is -0.375 e. The third-order valence-electron chi connectivity index (χ3n) is 5.17. The number of ether oxygens (including phenoxy) is 2. The number of rotatable bonds is 6. The summed E-state index contributed by atoms with van der Waals surface area (Å²) in [5, 5.41) is 3.00. The van der Waals surface area contributed by atoms with Crippen LogP contribution in [-0.4, -0.2) is 41.8 Å². The summed E-state index contributed by atoms with van der Waals surface area (Å²) in [6.07, 6.45) is 4.32. The van der Waals surface area contributed by atoms with Crippen molar-refractivity contribution in [2.24, 2.45) is 5.92 Å². The van der Waals surface area contributed by atoms with Crippen molar-refractivity contribution in [1.82, 2.24) is 9.88 Å². The first-order chi connectivity index (χ1) is 12.3. The van der Waals surface area contributed by atoms with Crippen molar-refractivity contribution in [1.29, 1.82) is 0 Å². The molecule has 0 N–H and O–H groups in total. The number of benzene rings is 1. The van der Waals surface area contributed by atoms with Crippen LogP contribution in [0.5, 0.6) is 0 Å². The lowest BCUT2D eigenvalue weighted by Gasteiger charge is -2.39. The number of halogens is 1. The van der Waals surface area contributed by atoms with E-state index in [1.54, 1.807) is 11.3 Å². The Kier molecular flexibility index (Phi) is 5.41. The molecule has 1 aromatic carbocycles. The third-order valence-corrected chi connectivity index (χ3v) is 5.93. The molecule has 4 nitrogen and oxygen atoms in total. The van der Waals surface area contributed by atoms with Gasteiger partial charge in [-0.3, -0.25) is 4.90 Å². The number of hydrogen-bond acceptors (Lipinski definition) is 5. The molecular weight excluding hydrogens is 339 g/mol. The maximum Gasteiger partial charge on any atom is 0.123 e. The highest BCUT2D eigenvalue weighted by Gasteiger charge is 2.42. The Morgan fingerprint density at radius 3 is 2.96 bits per heavy atom. The molecule has 1 saturated heterocycles. The quantitative estimate of drug-likeness (QED) is 0.788. The number of aromatic nitrogens is 1. The first-order valence-corrected chi connectivity index (χ1v) is 9.74. The standard InChI is InChI=1S/C19H23FN2O2S/c20-16-4-1-14(2-5-16)11-22-8-9-24-19-15(3-6-17(19)22)12-23-13-18-21-7-10-25-18/h1-2,4-5,7,10,15,17,19H,3,6,8-9,11-13H2/t15-,17+,19-/m1/s1. The fourth-order valence-corrected chi connectivity index (χ4v) is 4.51. The van der Waals surface area contributed by atoms with Crippen molar-refractivity contribution >= 4 is 11.3 Å². The Bertz CT molecular complexity index is 665. The van der Waals surface area contributed by atoms with E-state index in [0.717, 1.165) is 49.7 Å². The van der Waals surface area contributed by atoms with E-state index in [0.29, 0.717) is 18.6 Å². The molecule has 0 unspecified atom stereocenters. The van der Waals surface area contributed by atoms with Crippen LogP contribution in [-0.2, 0) is 22.6 Å². The predicted molar refractivity (Wildman–Crippen MR) is 94.8 cm³/mol. The van der Waals surface area contributed by atoms with Gasteiger partial charge in [-0.1, -0.05) is 12.1 Å². The van der Waals surface area contributed by atoms with Crippen LogP contribution in [0.1, 0.15) is 23.4 Å². The van der Waals surface area contributed by atoms with E-state index in [2.05, 4.69) is 9.88 Å². The highest BCUT2D eigenvalue weighted by atomic mass is 32.1. The van der Waals surface area contributed by atoms with Crippen LogP contribution >= 0.6 is 11.3 Å². The summed E-state index contributed by atoms with van der Waals surface area (Å²) in [5.74, 6) is 0.267. The molecule has 3 atom stereocenters. The second-order valence-electron chi connectivity index (χ2n) is 6.78. The van der Waals surface area contributed by atoms with Crippen molar-refractivity contribution in [3.05, 3.63) is 52.2 Å². The molecule has 2 fully saturated rings. The van der Waals surface area contributed by atoms with Crippen LogP contribution in [0.3, 0.4) is 0 Å². The van der Waals surface area contributed by atoms with Gasteiger partial charge in [-0.05, 0) is 30.5 Å². The molecular formula is C19H23FN2O2S. The van der Waals surface area contributed by atoms with Crippen LogP contribution in [0.25, 0.3) is 0 Å². The van der Waals surface area contributed by atoms with Gasteiger partial charge in [0.15, 0.2) is 0 Å². The van der Waals surface area contributed by atoms with Crippen LogP contribution in [0.2, 0.25) is 0 Å². The zero-order valence-corrected chi connectivity index (χ0v) is 15.0. The average molecular weight is 362 g/mol. The topological polar surface area (TPSA) is 34.6 Å². The summed E-state index contributed by atoms with van der Waals surface area (Å²) in [5.41, 5.74) is 1.16. The molecule has 1 saturated carbocycles. The first kappa shape index (κ1) is 17.1. The summed E-state index contributed by atoms with van der Waals surface area (Å²) in [7, 11) is 0. The van der Waals surface area contributed by atoms with Crippen molar-refractivity contribution in [3.8, 4) is 0 Å². The molecule has 25 heavy (non-hydrogen) atoms. The van der Waals surface area contributed by atoms with Crippen molar-refractivity contribution in [2.75, 3.05) is 19.8 Å². The van der Waals surface area contributed by atoms with E-state index in [4.69, 9.17) is 9.47 Å². The number of hydrogen-bond donors (Lipinski definition) is 0. The summed E-state index contributed by atoms with van der Waals surface area (Å²) >= 11 is 1.63. The monoisotopic (exact) mass is 362 g/mol. The molecule has 6 heteroatoms. The number of morpholine rings is 1. The van der Waals surface area contributed by atoms with Gasteiger partial charge in [0.1, 0.15) is 10.8 Å². The van der Waals surface area contributed by atoms with Gasteiger partial charge in [0, 0.05) is 36.6 Å². The van der Waals surface area contributed by atoms with Gasteiger partial charge >= 0.3 is 0 Å². The Hall–Kier alpha value is -1.34. The van der Waals surface area contributed by atoms with Crippen LogP contribution in [0.4, 0.5) is 4.39 Å². The van der Waals surface area contributed by atoms with Gasteiger partial charge in [0.05, 0.1) is 25.9 Å². The molecule has 1 aromatic heterocycles. The number of fused-ring (bicyclic) bond motifs is 1. The fourth-order valence-electron chi connectivity index (χ4n) is 3.96. The molecule has 0 radical (unpaired) electrons. The lowest BCUT2D eigenvalue weighted by molar-refractivity contribution is -0.0891. The van der Waals surface area contributed by atoms with Crippen molar-refractivity contribution in [3.63, 3.8) is 0 Å². The smallest absolute Gasteiger partial charge is 0.123 e. The van der Waals surface area contributed by atoms with E-state index < -0.39 is 0 Å². The Morgan fingerprint density at radius 1 is 1.28 bits per heavy atom. The van der Waals surface area contributed by atoms with Crippen molar-refractivity contribution < 1.29 is 13.9 Å². The van der Waals surface area contributed by atoms with Gasteiger partial charge in [-0.15, -0.1) is 11.3 Å². The summed E-state index contributed by atoms with van der Waals surface area (Å²) < 4.78 is 25.1. The maximum atomic E-state index is 13.1. The van der Waals surface area contributed by atoms with Crippen LogP contribution in [0.15, 0.2) is 35.8 Å². The molecule has 1 aliphatic carbocycles. The number of thiazole rings is 1. The lowest BCUT2D eigenvalue weighted by atomic mass is 10.0. The zero-order chi connectivity index (χ0) is 17.1. The fraction of sp³-hybridized carbons (Fsp3) is 0.526. The highest BCUT2D eigenvalue weighted by molar-refractivity contribution is 7.09. The molecule has 2 heterocycles. The molecule has 0 spiro atoms. The molecule has 2 aromatic rings. The lowest BCUT2D eigenvalue weighted by Crippen LogP contribution is -2.50. The molecule has 134 valence electrons. The van der Waals surface area contributed by atoms with Crippen molar-refractivity contribution in [2.45, 2.75) is 38.1 Å². The normalized spacial score (nSPS) is 26.7. The highest BCUT2D eigenvalue weighted by Crippen LogP contribution is 2.35. The Labute approximate surface area is 151 Å². The van der Waals surface area contributed by atoms with Gasteiger partial charge < -0.3 is 9.47 Å².